The van der Waals surface area contributed by atoms with Crippen LogP contribution in [-0.4, -0.2) is 36.7 Å². The van der Waals surface area contributed by atoms with E-state index in [2.05, 4.69) is 22.8 Å². The summed E-state index contributed by atoms with van der Waals surface area (Å²) in [6.45, 7) is 2.39. The van der Waals surface area contributed by atoms with Gasteiger partial charge in [-0.05, 0) is 36.8 Å². The Balaban J connectivity index is 0.00000225. The van der Waals surface area contributed by atoms with E-state index in [9.17, 15) is 0 Å². The van der Waals surface area contributed by atoms with E-state index in [1.807, 2.05) is 36.0 Å². The zero-order chi connectivity index (χ0) is 18.3. The van der Waals surface area contributed by atoms with Crippen molar-refractivity contribution in [2.75, 3.05) is 25.4 Å². The molecule has 152 valence electrons. The molecule has 1 saturated heterocycles. The molecule has 0 saturated carbocycles. The maximum atomic E-state index is 5.79. The fourth-order valence-corrected chi connectivity index (χ4v) is 4.73. The summed E-state index contributed by atoms with van der Waals surface area (Å²) in [5, 5.41) is 7.77. The van der Waals surface area contributed by atoms with Crippen LogP contribution in [0.1, 0.15) is 36.6 Å². The number of nitrogens with one attached hydrogen (secondary N) is 2. The topological polar surface area (TPSA) is 58.8 Å². The first-order chi connectivity index (χ1) is 13.4. The van der Waals surface area contributed by atoms with Gasteiger partial charge in [0.1, 0.15) is 11.5 Å². The van der Waals surface area contributed by atoms with Crippen LogP contribution in [0, 0.1) is 0 Å². The first-order valence-electron chi connectivity index (χ1n) is 9.79. The van der Waals surface area contributed by atoms with E-state index in [4.69, 9.17) is 14.1 Å². The highest BCUT2D eigenvalue weighted by atomic mass is 127. The number of para-hydroxylation sites is 1. The van der Waals surface area contributed by atoms with Crippen molar-refractivity contribution in [2.24, 2.45) is 4.99 Å². The van der Waals surface area contributed by atoms with Gasteiger partial charge < -0.3 is 19.8 Å². The third kappa shape index (κ3) is 5.83. The average Bonchev–Trinajstić information content (AvgIpc) is 3.40. The lowest BCUT2D eigenvalue weighted by molar-refractivity contribution is 0.261. The van der Waals surface area contributed by atoms with Gasteiger partial charge in [0.25, 0.3) is 0 Å². The Morgan fingerprint density at radius 2 is 2.11 bits per heavy atom. The van der Waals surface area contributed by atoms with E-state index in [1.54, 1.807) is 6.26 Å². The minimum Gasteiger partial charge on any atom is -0.493 e. The second-order valence-electron chi connectivity index (χ2n) is 6.95. The molecule has 2 unspecified atom stereocenters. The van der Waals surface area contributed by atoms with Crippen molar-refractivity contribution < 1.29 is 9.15 Å². The number of ether oxygens (including phenoxy) is 1. The monoisotopic (exact) mass is 513 g/mol. The Bertz CT molecular complexity index is 748. The van der Waals surface area contributed by atoms with Gasteiger partial charge >= 0.3 is 0 Å². The van der Waals surface area contributed by atoms with Crippen LogP contribution in [0.5, 0.6) is 5.75 Å². The van der Waals surface area contributed by atoms with Crippen molar-refractivity contribution in [1.29, 1.82) is 0 Å². The first kappa shape index (κ1) is 21.4. The van der Waals surface area contributed by atoms with Crippen LogP contribution in [0.15, 0.2) is 52.1 Å². The molecular weight excluding hydrogens is 485 g/mol. The molecule has 4 rings (SSSR count). The fourth-order valence-electron chi connectivity index (χ4n) is 3.55. The molecule has 0 radical (unpaired) electrons. The predicted octanol–water partition coefficient (Wildman–Crippen LogP) is 4.39. The lowest BCUT2D eigenvalue weighted by Gasteiger charge is -2.28. The summed E-state index contributed by atoms with van der Waals surface area (Å²) < 4.78 is 11.2. The van der Waals surface area contributed by atoms with Gasteiger partial charge in [0.2, 0.25) is 0 Å². The molecule has 2 atom stereocenters. The largest absolute Gasteiger partial charge is 0.493 e. The van der Waals surface area contributed by atoms with Crippen molar-refractivity contribution in [3.8, 4) is 5.75 Å². The molecule has 0 amide bonds. The molecule has 2 aromatic rings. The highest BCUT2D eigenvalue weighted by Crippen LogP contribution is 2.31. The standard InChI is InChI=1S/C21H27N3O2S.HI/c1-2-8-20-18(7-1)19(10-13-26-20)24-21(23-15-17-6-4-14-27-17)22-11-9-16-5-3-12-25-16;/h1-3,5,7-8,12,17,19H,4,6,9-11,13-15H2,(H2,22,23,24);1H. The Hall–Kier alpha value is -1.35. The van der Waals surface area contributed by atoms with Crippen molar-refractivity contribution in [1.82, 2.24) is 10.6 Å². The van der Waals surface area contributed by atoms with Gasteiger partial charge in [-0.3, -0.25) is 4.99 Å². The van der Waals surface area contributed by atoms with Gasteiger partial charge in [0, 0.05) is 30.2 Å². The van der Waals surface area contributed by atoms with E-state index in [0.29, 0.717) is 5.25 Å². The smallest absolute Gasteiger partial charge is 0.191 e. The molecule has 2 aliphatic rings. The van der Waals surface area contributed by atoms with Gasteiger partial charge in [-0.1, -0.05) is 18.2 Å². The Labute approximate surface area is 188 Å². The number of hydrogen-bond donors (Lipinski definition) is 2. The van der Waals surface area contributed by atoms with Crippen LogP contribution in [0.4, 0.5) is 0 Å². The third-order valence-corrected chi connectivity index (χ3v) is 6.37. The lowest BCUT2D eigenvalue weighted by Crippen LogP contribution is -2.42. The molecule has 0 aliphatic carbocycles. The number of halogens is 1. The van der Waals surface area contributed by atoms with E-state index >= 15 is 0 Å². The van der Waals surface area contributed by atoms with Gasteiger partial charge in [-0.15, -0.1) is 24.0 Å². The molecule has 1 aromatic carbocycles. The summed E-state index contributed by atoms with van der Waals surface area (Å²) in [5.41, 5.74) is 1.21. The van der Waals surface area contributed by atoms with Crippen LogP contribution in [0.2, 0.25) is 0 Å². The number of rotatable bonds is 6. The molecule has 1 aromatic heterocycles. The summed E-state index contributed by atoms with van der Waals surface area (Å²) in [7, 11) is 0. The summed E-state index contributed by atoms with van der Waals surface area (Å²) >= 11 is 2.04. The maximum absolute atomic E-state index is 5.79. The number of thioether (sulfide) groups is 1. The SMILES string of the molecule is I.c1coc(CCNC(=NCC2CCCS2)NC2CCOc3ccccc32)c1. The summed E-state index contributed by atoms with van der Waals surface area (Å²) in [5.74, 6) is 4.12. The molecule has 3 heterocycles. The zero-order valence-corrected chi connectivity index (χ0v) is 19.1. The average molecular weight is 513 g/mol. The highest BCUT2D eigenvalue weighted by molar-refractivity contribution is 14.0. The normalized spacial score (nSPS) is 21.4. The highest BCUT2D eigenvalue weighted by Gasteiger charge is 2.22. The number of benzene rings is 1. The molecule has 2 N–H and O–H groups in total. The second-order valence-corrected chi connectivity index (χ2v) is 8.36. The van der Waals surface area contributed by atoms with Crippen LogP contribution < -0.4 is 15.4 Å². The molecule has 0 bridgehead atoms. The minimum atomic E-state index is 0. The van der Waals surface area contributed by atoms with Gasteiger partial charge in [-0.2, -0.15) is 11.8 Å². The van der Waals surface area contributed by atoms with Crippen molar-refractivity contribution >= 4 is 41.7 Å². The Morgan fingerprint density at radius 3 is 2.93 bits per heavy atom. The van der Waals surface area contributed by atoms with Crippen LogP contribution in [-0.2, 0) is 6.42 Å². The van der Waals surface area contributed by atoms with Gasteiger partial charge in [-0.25, -0.2) is 0 Å². The molecule has 5 nitrogen and oxygen atoms in total. The van der Waals surface area contributed by atoms with E-state index in [0.717, 1.165) is 50.0 Å². The number of guanidine groups is 1. The maximum Gasteiger partial charge on any atom is 0.191 e. The summed E-state index contributed by atoms with van der Waals surface area (Å²) in [6, 6.07) is 12.4. The fraction of sp³-hybridized carbons (Fsp3) is 0.476. The third-order valence-electron chi connectivity index (χ3n) is 4.99. The Kier molecular flexibility index (Phi) is 8.39. The molecule has 7 heteroatoms. The van der Waals surface area contributed by atoms with Crippen molar-refractivity contribution in [3.05, 3.63) is 54.0 Å². The molecule has 1 fully saturated rings. The second kappa shape index (κ2) is 11.0. The Morgan fingerprint density at radius 1 is 1.18 bits per heavy atom. The van der Waals surface area contributed by atoms with Crippen molar-refractivity contribution in [3.63, 3.8) is 0 Å². The minimum absolute atomic E-state index is 0. The zero-order valence-electron chi connectivity index (χ0n) is 15.9. The predicted molar refractivity (Wildman–Crippen MR) is 126 cm³/mol. The number of fused-ring (bicyclic) bond motifs is 1. The van der Waals surface area contributed by atoms with Gasteiger partial charge in [0.15, 0.2) is 5.96 Å². The van der Waals surface area contributed by atoms with E-state index in [-0.39, 0.29) is 30.0 Å². The van der Waals surface area contributed by atoms with Crippen LogP contribution in [0.3, 0.4) is 0 Å². The lowest BCUT2D eigenvalue weighted by atomic mass is 10.0. The summed E-state index contributed by atoms with van der Waals surface area (Å²) in [4.78, 5) is 4.89. The van der Waals surface area contributed by atoms with E-state index in [1.165, 1.54) is 24.2 Å². The molecular formula is C21H28IN3O2S. The quantitative estimate of drug-likeness (QED) is 0.341. The number of aliphatic imine (C=N–C) groups is 1. The molecule has 28 heavy (non-hydrogen) atoms. The number of furan rings is 1. The van der Waals surface area contributed by atoms with Crippen molar-refractivity contribution in [2.45, 2.75) is 37.0 Å². The molecule has 0 spiro atoms. The first-order valence-corrected chi connectivity index (χ1v) is 10.8. The number of nitrogens with zero attached hydrogens (tertiary/aromatic N) is 1. The summed E-state index contributed by atoms with van der Waals surface area (Å²) in [6.07, 6.45) is 6.09. The van der Waals surface area contributed by atoms with Gasteiger partial charge in [0.05, 0.1) is 25.5 Å². The van der Waals surface area contributed by atoms with Crippen LogP contribution in [0.25, 0.3) is 0 Å². The van der Waals surface area contributed by atoms with E-state index < -0.39 is 0 Å². The number of hydrogen-bond acceptors (Lipinski definition) is 4. The molecule has 2 aliphatic heterocycles. The van der Waals surface area contributed by atoms with Crippen LogP contribution >= 0.6 is 35.7 Å².